The van der Waals surface area contributed by atoms with E-state index < -0.39 is 9.84 Å². The first-order valence-corrected chi connectivity index (χ1v) is 9.03. The van der Waals surface area contributed by atoms with Gasteiger partial charge in [0, 0.05) is 17.7 Å². The van der Waals surface area contributed by atoms with E-state index in [2.05, 4.69) is 10.5 Å². The Bertz CT molecular complexity index is 772. The van der Waals surface area contributed by atoms with Crippen LogP contribution in [0.15, 0.2) is 33.7 Å². The number of carbonyl (C=O) groups is 1. The minimum Gasteiger partial charge on any atom is -0.361 e. The van der Waals surface area contributed by atoms with Crippen LogP contribution in [0.2, 0.25) is 0 Å². The van der Waals surface area contributed by atoms with E-state index in [1.165, 1.54) is 12.1 Å². The molecule has 2 aromatic rings. The minimum atomic E-state index is -3.22. The van der Waals surface area contributed by atoms with Gasteiger partial charge in [-0.1, -0.05) is 12.1 Å². The van der Waals surface area contributed by atoms with Gasteiger partial charge in [0.2, 0.25) is 5.91 Å². The molecule has 0 aliphatic carbocycles. The molecule has 0 aliphatic rings. The number of hydrogen-bond donors (Lipinski definition) is 1. The fourth-order valence-electron chi connectivity index (χ4n) is 2.23. The highest BCUT2D eigenvalue weighted by molar-refractivity contribution is 7.91. The van der Waals surface area contributed by atoms with Crippen LogP contribution in [0.5, 0.6) is 0 Å². The summed E-state index contributed by atoms with van der Waals surface area (Å²) in [6.45, 7) is 5.26. The molecule has 1 aromatic carbocycles. The molecule has 23 heavy (non-hydrogen) atoms. The molecule has 1 amide bonds. The number of aryl methyl sites for hydroxylation is 2. The van der Waals surface area contributed by atoms with Crippen LogP contribution < -0.4 is 5.32 Å². The van der Waals surface area contributed by atoms with Crippen LogP contribution in [0.1, 0.15) is 30.4 Å². The largest absolute Gasteiger partial charge is 0.361 e. The highest BCUT2D eigenvalue weighted by atomic mass is 32.2. The average Bonchev–Trinajstić information content (AvgIpc) is 2.84. The zero-order valence-corrected chi connectivity index (χ0v) is 14.2. The van der Waals surface area contributed by atoms with Crippen LogP contribution in [-0.4, -0.2) is 25.2 Å². The van der Waals surface area contributed by atoms with Crippen LogP contribution in [0.4, 0.5) is 5.69 Å². The Kier molecular flexibility index (Phi) is 5.20. The Hall–Kier alpha value is -2.15. The van der Waals surface area contributed by atoms with Crippen molar-refractivity contribution < 1.29 is 17.7 Å². The molecule has 2 rings (SSSR count). The third-order valence-corrected chi connectivity index (χ3v) is 5.41. The van der Waals surface area contributed by atoms with Crippen molar-refractivity contribution in [2.45, 2.75) is 38.5 Å². The Morgan fingerprint density at radius 1 is 1.22 bits per heavy atom. The van der Waals surface area contributed by atoms with Crippen molar-refractivity contribution in [2.24, 2.45) is 0 Å². The number of aromatic nitrogens is 1. The summed E-state index contributed by atoms with van der Waals surface area (Å²) >= 11 is 0. The van der Waals surface area contributed by atoms with Gasteiger partial charge in [0.05, 0.1) is 16.3 Å². The molecule has 1 aromatic heterocycles. The van der Waals surface area contributed by atoms with Gasteiger partial charge in [-0.3, -0.25) is 4.79 Å². The number of anilines is 1. The van der Waals surface area contributed by atoms with Gasteiger partial charge in [-0.15, -0.1) is 0 Å². The lowest BCUT2D eigenvalue weighted by Gasteiger charge is -2.07. The van der Waals surface area contributed by atoms with Crippen molar-refractivity contribution in [3.63, 3.8) is 0 Å². The fourth-order valence-corrected chi connectivity index (χ4v) is 3.12. The molecular weight excluding hydrogens is 316 g/mol. The lowest BCUT2D eigenvalue weighted by Crippen LogP contribution is -2.13. The van der Waals surface area contributed by atoms with Gasteiger partial charge < -0.3 is 9.84 Å². The molecule has 0 spiro atoms. The van der Waals surface area contributed by atoms with Gasteiger partial charge in [0.25, 0.3) is 0 Å². The summed E-state index contributed by atoms with van der Waals surface area (Å²) < 4.78 is 28.5. The number of sulfone groups is 1. The van der Waals surface area contributed by atoms with Crippen LogP contribution in [-0.2, 0) is 21.1 Å². The second kappa shape index (κ2) is 6.95. The predicted molar refractivity (Wildman–Crippen MR) is 87.1 cm³/mol. The maximum Gasteiger partial charge on any atom is 0.224 e. The van der Waals surface area contributed by atoms with E-state index in [4.69, 9.17) is 4.52 Å². The van der Waals surface area contributed by atoms with E-state index in [-0.39, 0.29) is 16.6 Å². The monoisotopic (exact) mass is 336 g/mol. The molecule has 1 N–H and O–H groups in total. The summed E-state index contributed by atoms with van der Waals surface area (Å²) in [7, 11) is -3.22. The van der Waals surface area contributed by atoms with E-state index >= 15 is 0 Å². The van der Waals surface area contributed by atoms with Crippen molar-refractivity contribution >= 4 is 21.4 Å². The fraction of sp³-hybridized carbons (Fsp3) is 0.375. The molecule has 1 heterocycles. The number of carbonyl (C=O) groups excluding carboxylic acids is 1. The third-order valence-electron chi connectivity index (χ3n) is 3.66. The van der Waals surface area contributed by atoms with Gasteiger partial charge in [-0.25, -0.2) is 8.42 Å². The summed E-state index contributed by atoms with van der Waals surface area (Å²) in [6, 6.07) is 6.19. The second-order valence-electron chi connectivity index (χ2n) is 5.28. The second-order valence-corrected chi connectivity index (χ2v) is 7.56. The summed E-state index contributed by atoms with van der Waals surface area (Å²) in [5.74, 6) is 0.636. The van der Waals surface area contributed by atoms with Crippen LogP contribution in [0.3, 0.4) is 0 Å². The first-order valence-electron chi connectivity index (χ1n) is 7.38. The Balaban J connectivity index is 1.96. The van der Waals surface area contributed by atoms with E-state index in [0.717, 1.165) is 17.0 Å². The van der Waals surface area contributed by atoms with Gasteiger partial charge in [0.15, 0.2) is 9.84 Å². The Morgan fingerprint density at radius 2 is 1.87 bits per heavy atom. The number of hydrogen-bond acceptors (Lipinski definition) is 5. The van der Waals surface area contributed by atoms with Gasteiger partial charge in [-0.2, -0.15) is 0 Å². The van der Waals surface area contributed by atoms with E-state index in [1.807, 2.05) is 13.8 Å². The molecular formula is C16H20N2O4S. The molecule has 0 radical (unpaired) electrons. The smallest absolute Gasteiger partial charge is 0.224 e. The van der Waals surface area contributed by atoms with Crippen molar-refractivity contribution in [1.82, 2.24) is 5.16 Å². The normalized spacial score (nSPS) is 11.4. The summed E-state index contributed by atoms with van der Waals surface area (Å²) in [5, 5.41) is 6.61. The molecule has 0 saturated heterocycles. The van der Waals surface area contributed by atoms with Crippen LogP contribution in [0.25, 0.3) is 0 Å². The Labute approximate surface area is 135 Å². The van der Waals surface area contributed by atoms with E-state index in [0.29, 0.717) is 18.5 Å². The molecule has 0 bridgehead atoms. The maximum absolute atomic E-state index is 12.0. The summed E-state index contributed by atoms with van der Waals surface area (Å²) in [5.41, 5.74) is 2.32. The van der Waals surface area contributed by atoms with E-state index in [9.17, 15) is 13.2 Å². The first kappa shape index (κ1) is 17.2. The first-order chi connectivity index (χ1) is 10.8. The lowest BCUT2D eigenvalue weighted by molar-refractivity contribution is -0.116. The lowest BCUT2D eigenvalue weighted by atomic mass is 10.1. The third kappa shape index (κ3) is 4.19. The zero-order chi connectivity index (χ0) is 17.0. The number of rotatable bonds is 6. The highest BCUT2D eigenvalue weighted by Crippen LogP contribution is 2.17. The molecule has 0 saturated carbocycles. The quantitative estimate of drug-likeness (QED) is 0.876. The molecule has 0 aliphatic heterocycles. The number of nitrogens with one attached hydrogen (secondary N) is 1. The standard InChI is InChI=1S/C16H20N2O4S/c1-4-23(20,21)14-7-5-13(6-8-14)17-16(19)10-9-15-11(2)18-22-12(15)3/h5-8H,4,9-10H2,1-3H3,(H,17,19). The molecule has 6 nitrogen and oxygen atoms in total. The molecule has 0 unspecified atom stereocenters. The number of benzene rings is 1. The molecule has 0 fully saturated rings. The number of nitrogens with zero attached hydrogens (tertiary/aromatic N) is 1. The van der Waals surface area contributed by atoms with Crippen molar-refractivity contribution in [3.8, 4) is 0 Å². The van der Waals surface area contributed by atoms with Crippen LogP contribution >= 0.6 is 0 Å². The van der Waals surface area contributed by atoms with Crippen molar-refractivity contribution in [3.05, 3.63) is 41.3 Å². The highest BCUT2D eigenvalue weighted by Gasteiger charge is 2.13. The minimum absolute atomic E-state index is 0.0517. The molecule has 0 atom stereocenters. The predicted octanol–water partition coefficient (Wildman–Crippen LogP) is 2.66. The molecule has 7 heteroatoms. The number of amides is 1. The van der Waals surface area contributed by atoms with Gasteiger partial charge in [0.1, 0.15) is 5.76 Å². The Morgan fingerprint density at radius 3 is 2.39 bits per heavy atom. The van der Waals surface area contributed by atoms with Gasteiger partial charge >= 0.3 is 0 Å². The SMILES string of the molecule is CCS(=O)(=O)c1ccc(NC(=O)CCc2c(C)noc2C)cc1. The maximum atomic E-state index is 12.0. The summed E-state index contributed by atoms with van der Waals surface area (Å²) in [6.07, 6.45) is 0.854. The van der Waals surface area contributed by atoms with Gasteiger partial charge in [-0.05, 0) is 44.5 Å². The van der Waals surface area contributed by atoms with E-state index in [1.54, 1.807) is 19.1 Å². The van der Waals surface area contributed by atoms with Crippen molar-refractivity contribution in [2.75, 3.05) is 11.1 Å². The van der Waals surface area contributed by atoms with Crippen LogP contribution in [0, 0.1) is 13.8 Å². The zero-order valence-electron chi connectivity index (χ0n) is 13.4. The summed E-state index contributed by atoms with van der Waals surface area (Å²) in [4.78, 5) is 12.2. The molecule has 124 valence electrons. The topological polar surface area (TPSA) is 89.3 Å². The average molecular weight is 336 g/mol. The van der Waals surface area contributed by atoms with Crippen molar-refractivity contribution in [1.29, 1.82) is 0 Å².